The van der Waals surface area contributed by atoms with Gasteiger partial charge in [-0.15, -0.1) is 0 Å². The Labute approximate surface area is 86.2 Å². The summed E-state index contributed by atoms with van der Waals surface area (Å²) in [4.78, 5) is 3.85. The third kappa shape index (κ3) is 1.61. The highest BCUT2D eigenvalue weighted by atomic mass is 35.5. The predicted molar refractivity (Wildman–Crippen MR) is 54.6 cm³/mol. The van der Waals surface area contributed by atoms with E-state index in [-0.39, 0.29) is 5.02 Å². The van der Waals surface area contributed by atoms with Crippen LogP contribution in [0.3, 0.4) is 0 Å². The average Bonchev–Trinajstić information content (AvgIpc) is 2.23. The minimum Gasteiger partial charge on any atom is -0.262 e. The van der Waals surface area contributed by atoms with Crippen LogP contribution in [0, 0.1) is 5.82 Å². The molecule has 0 N–H and O–H groups in total. The zero-order valence-electron chi connectivity index (χ0n) is 7.24. The van der Waals surface area contributed by atoms with E-state index in [0.717, 1.165) is 5.56 Å². The number of pyridine rings is 1. The molecule has 0 aliphatic carbocycles. The Morgan fingerprint density at radius 2 is 1.79 bits per heavy atom. The summed E-state index contributed by atoms with van der Waals surface area (Å²) in [6, 6.07) is 9.19. The molecule has 2 rings (SSSR count). The van der Waals surface area contributed by atoms with Crippen LogP contribution >= 0.6 is 11.6 Å². The summed E-state index contributed by atoms with van der Waals surface area (Å²) in [7, 11) is 0. The molecule has 2 aromatic rings. The first-order valence-electron chi connectivity index (χ1n) is 4.13. The SMILES string of the molecule is Fc1c(Cl)cncc1-c1ccccc1. The third-order valence-corrected chi connectivity index (χ3v) is 2.19. The minimum absolute atomic E-state index is 0.0475. The largest absolute Gasteiger partial charge is 0.262 e. The van der Waals surface area contributed by atoms with E-state index in [0.29, 0.717) is 5.56 Å². The van der Waals surface area contributed by atoms with Gasteiger partial charge in [0, 0.05) is 18.0 Å². The summed E-state index contributed by atoms with van der Waals surface area (Å²) in [6.07, 6.45) is 2.76. The van der Waals surface area contributed by atoms with Gasteiger partial charge < -0.3 is 0 Å². The van der Waals surface area contributed by atoms with Gasteiger partial charge in [0.25, 0.3) is 0 Å². The average molecular weight is 208 g/mol. The number of rotatable bonds is 1. The summed E-state index contributed by atoms with van der Waals surface area (Å²) < 4.78 is 13.5. The third-order valence-electron chi connectivity index (χ3n) is 1.92. The summed E-state index contributed by atoms with van der Waals surface area (Å²) >= 11 is 5.63. The summed E-state index contributed by atoms with van der Waals surface area (Å²) in [6.45, 7) is 0. The highest BCUT2D eigenvalue weighted by Crippen LogP contribution is 2.25. The Balaban J connectivity index is 2.58. The van der Waals surface area contributed by atoms with Crippen molar-refractivity contribution in [2.45, 2.75) is 0 Å². The molecule has 1 nitrogen and oxygen atoms in total. The number of hydrogen-bond donors (Lipinski definition) is 0. The standard InChI is InChI=1S/C11H7ClFN/c12-10-7-14-6-9(11(10)13)8-4-2-1-3-5-8/h1-7H. The first-order valence-corrected chi connectivity index (χ1v) is 4.51. The number of aromatic nitrogens is 1. The Morgan fingerprint density at radius 3 is 2.50 bits per heavy atom. The maximum Gasteiger partial charge on any atom is 0.152 e. The normalized spacial score (nSPS) is 10.1. The lowest BCUT2D eigenvalue weighted by atomic mass is 10.1. The van der Waals surface area contributed by atoms with E-state index in [1.165, 1.54) is 12.4 Å². The van der Waals surface area contributed by atoms with E-state index >= 15 is 0 Å². The fourth-order valence-corrected chi connectivity index (χ4v) is 1.40. The monoisotopic (exact) mass is 207 g/mol. The summed E-state index contributed by atoms with van der Waals surface area (Å²) in [5, 5.41) is 0.0475. The molecule has 0 spiro atoms. The molecule has 1 aromatic heterocycles. The van der Waals surface area contributed by atoms with Gasteiger partial charge in [0.1, 0.15) is 0 Å². The molecular formula is C11H7ClFN. The molecule has 14 heavy (non-hydrogen) atoms. The van der Waals surface area contributed by atoms with Gasteiger partial charge in [-0.05, 0) is 5.56 Å². The predicted octanol–water partition coefficient (Wildman–Crippen LogP) is 3.54. The molecule has 0 saturated carbocycles. The number of hydrogen-bond acceptors (Lipinski definition) is 1. The fraction of sp³-hybridized carbons (Fsp3) is 0. The van der Waals surface area contributed by atoms with Gasteiger partial charge >= 0.3 is 0 Å². The smallest absolute Gasteiger partial charge is 0.152 e. The molecule has 0 saturated heterocycles. The van der Waals surface area contributed by atoms with E-state index in [1.54, 1.807) is 0 Å². The minimum atomic E-state index is -0.423. The second-order valence-electron chi connectivity index (χ2n) is 2.85. The topological polar surface area (TPSA) is 12.9 Å². The Bertz CT molecular complexity index is 442. The second-order valence-corrected chi connectivity index (χ2v) is 3.26. The van der Waals surface area contributed by atoms with Crippen LogP contribution in [-0.2, 0) is 0 Å². The van der Waals surface area contributed by atoms with Gasteiger partial charge in [0.15, 0.2) is 5.82 Å². The molecule has 1 aromatic carbocycles. The molecule has 0 bridgehead atoms. The maximum atomic E-state index is 13.5. The van der Waals surface area contributed by atoms with Gasteiger partial charge in [-0.25, -0.2) is 4.39 Å². The summed E-state index contributed by atoms with van der Waals surface area (Å²) in [5.41, 5.74) is 1.21. The fourth-order valence-electron chi connectivity index (χ4n) is 1.24. The molecule has 0 aliphatic heterocycles. The molecule has 0 radical (unpaired) electrons. The first-order chi connectivity index (χ1) is 6.79. The van der Waals surface area contributed by atoms with Gasteiger partial charge in [-0.3, -0.25) is 4.98 Å². The van der Waals surface area contributed by atoms with Gasteiger partial charge in [0.2, 0.25) is 0 Å². The van der Waals surface area contributed by atoms with Crippen LogP contribution < -0.4 is 0 Å². The van der Waals surface area contributed by atoms with Crippen molar-refractivity contribution in [2.24, 2.45) is 0 Å². The van der Waals surface area contributed by atoms with Gasteiger partial charge in [0.05, 0.1) is 5.02 Å². The van der Waals surface area contributed by atoms with E-state index in [9.17, 15) is 4.39 Å². The van der Waals surface area contributed by atoms with Crippen molar-refractivity contribution in [3.63, 3.8) is 0 Å². The number of nitrogens with zero attached hydrogens (tertiary/aromatic N) is 1. The van der Waals surface area contributed by atoms with Crippen molar-refractivity contribution in [1.82, 2.24) is 4.98 Å². The van der Waals surface area contributed by atoms with E-state index in [4.69, 9.17) is 11.6 Å². The van der Waals surface area contributed by atoms with Crippen molar-refractivity contribution >= 4 is 11.6 Å². The van der Waals surface area contributed by atoms with Gasteiger partial charge in [-0.2, -0.15) is 0 Å². The van der Waals surface area contributed by atoms with Crippen LogP contribution in [0.2, 0.25) is 5.02 Å². The van der Waals surface area contributed by atoms with Gasteiger partial charge in [-0.1, -0.05) is 41.9 Å². The molecule has 0 fully saturated rings. The van der Waals surface area contributed by atoms with Crippen molar-refractivity contribution in [3.8, 4) is 11.1 Å². The number of halogens is 2. The van der Waals surface area contributed by atoms with E-state index in [1.807, 2.05) is 30.3 Å². The number of benzene rings is 1. The first kappa shape index (κ1) is 9.16. The highest BCUT2D eigenvalue weighted by Gasteiger charge is 2.07. The molecule has 0 aliphatic rings. The van der Waals surface area contributed by atoms with Crippen molar-refractivity contribution in [3.05, 3.63) is 53.6 Å². The molecule has 1 heterocycles. The van der Waals surface area contributed by atoms with Crippen LogP contribution in [0.1, 0.15) is 0 Å². The van der Waals surface area contributed by atoms with Crippen LogP contribution in [0.4, 0.5) is 4.39 Å². The summed E-state index contributed by atoms with van der Waals surface area (Å²) in [5.74, 6) is -0.423. The van der Waals surface area contributed by atoms with E-state index < -0.39 is 5.82 Å². The van der Waals surface area contributed by atoms with Crippen LogP contribution in [0.25, 0.3) is 11.1 Å². The molecular weight excluding hydrogens is 201 g/mol. The molecule has 0 unspecified atom stereocenters. The molecule has 0 amide bonds. The second kappa shape index (κ2) is 3.76. The molecule has 3 heteroatoms. The Morgan fingerprint density at radius 1 is 1.07 bits per heavy atom. The van der Waals surface area contributed by atoms with Crippen molar-refractivity contribution in [2.75, 3.05) is 0 Å². The lowest BCUT2D eigenvalue weighted by Crippen LogP contribution is -1.87. The van der Waals surface area contributed by atoms with Crippen LogP contribution in [-0.4, -0.2) is 4.98 Å². The Hall–Kier alpha value is -1.41. The van der Waals surface area contributed by atoms with Crippen LogP contribution in [0.15, 0.2) is 42.7 Å². The van der Waals surface area contributed by atoms with Crippen molar-refractivity contribution in [1.29, 1.82) is 0 Å². The quantitative estimate of drug-likeness (QED) is 0.697. The van der Waals surface area contributed by atoms with E-state index in [2.05, 4.69) is 4.98 Å². The van der Waals surface area contributed by atoms with Crippen LogP contribution in [0.5, 0.6) is 0 Å². The zero-order valence-corrected chi connectivity index (χ0v) is 8.00. The molecule has 70 valence electrons. The zero-order chi connectivity index (χ0) is 9.97. The Kier molecular flexibility index (Phi) is 2.46. The maximum absolute atomic E-state index is 13.5. The lowest BCUT2D eigenvalue weighted by molar-refractivity contribution is 0.629. The lowest BCUT2D eigenvalue weighted by Gasteiger charge is -2.02. The van der Waals surface area contributed by atoms with Crippen molar-refractivity contribution < 1.29 is 4.39 Å². The molecule has 0 atom stereocenters. The highest BCUT2D eigenvalue weighted by molar-refractivity contribution is 6.30.